The Morgan fingerprint density at radius 3 is 2.58 bits per heavy atom. The molecule has 2 heterocycles. The van der Waals surface area contributed by atoms with Crippen molar-refractivity contribution in [3.63, 3.8) is 0 Å². The van der Waals surface area contributed by atoms with E-state index in [4.69, 9.17) is 9.79 Å². The van der Waals surface area contributed by atoms with Crippen LogP contribution < -0.4 is 16.1 Å². The second-order valence-corrected chi connectivity index (χ2v) is 8.62. The Bertz CT molecular complexity index is 1230. The average molecular weight is 453 g/mol. The van der Waals surface area contributed by atoms with Crippen molar-refractivity contribution in [3.8, 4) is 11.5 Å². The number of H-pyrrole nitrogens is 1. The third-order valence-corrected chi connectivity index (χ3v) is 5.32. The number of benzene rings is 1. The van der Waals surface area contributed by atoms with Gasteiger partial charge in [0.25, 0.3) is 5.56 Å². The van der Waals surface area contributed by atoms with Gasteiger partial charge in [-0.1, -0.05) is 0 Å². The van der Waals surface area contributed by atoms with Crippen LogP contribution in [0.3, 0.4) is 0 Å². The Morgan fingerprint density at radius 1 is 1.23 bits per heavy atom. The lowest BCUT2D eigenvalue weighted by atomic mass is 10.1. The van der Waals surface area contributed by atoms with E-state index in [2.05, 4.69) is 19.5 Å². The first-order chi connectivity index (χ1) is 14.5. The number of aromatic amines is 1. The van der Waals surface area contributed by atoms with Crippen LogP contribution in [0.2, 0.25) is 0 Å². The standard InChI is InChI=1S/C18H24N5O7P/c1-10-8-12-14(9-13(10)22(2)3)23(6-4-11(24)5-7-30-31(27,28)29)16-15(19-12)17(25)21-18(26)20-16/h8-9,11,24H,4-7H2,1-3H3,(H,21,25,26)(H2,27,28,29)/t11-/m0/s1. The van der Waals surface area contributed by atoms with Gasteiger partial charge in [-0.3, -0.25) is 14.3 Å². The van der Waals surface area contributed by atoms with Gasteiger partial charge in [0.05, 0.1) is 23.7 Å². The highest BCUT2D eigenvalue weighted by molar-refractivity contribution is 7.46. The summed E-state index contributed by atoms with van der Waals surface area (Å²) < 4.78 is 16.8. The van der Waals surface area contributed by atoms with Crippen LogP contribution in [0.4, 0.5) is 5.69 Å². The summed E-state index contributed by atoms with van der Waals surface area (Å²) in [6.07, 6.45) is -0.781. The van der Waals surface area contributed by atoms with Crippen molar-refractivity contribution in [1.82, 2.24) is 19.5 Å². The predicted octanol–water partition coefficient (Wildman–Crippen LogP) is 0.209. The average Bonchev–Trinajstić information content (AvgIpc) is 2.64. The minimum atomic E-state index is -4.61. The topological polar surface area (TPSA) is 171 Å². The summed E-state index contributed by atoms with van der Waals surface area (Å²) in [5, 5.41) is 10.2. The maximum Gasteiger partial charge on any atom is 0.469 e. The van der Waals surface area contributed by atoms with Gasteiger partial charge in [-0.2, -0.15) is 4.98 Å². The van der Waals surface area contributed by atoms with E-state index in [-0.39, 0.29) is 37.5 Å². The van der Waals surface area contributed by atoms with E-state index in [0.29, 0.717) is 11.0 Å². The lowest BCUT2D eigenvalue weighted by Crippen LogP contribution is -2.29. The van der Waals surface area contributed by atoms with Gasteiger partial charge < -0.3 is 24.4 Å². The molecule has 0 aromatic heterocycles. The fourth-order valence-corrected chi connectivity index (χ4v) is 3.72. The first-order valence-electron chi connectivity index (χ1n) is 9.47. The van der Waals surface area contributed by atoms with Crippen molar-refractivity contribution in [2.75, 3.05) is 25.6 Å². The SMILES string of the molecule is Cc1cc2nc3c(=O)[nH]c(=O)nc-3n(CC[C@H](O)CCOP(=O)(O)O)c2cc1N(C)C. The Hall–Kier alpha value is -2.63. The quantitative estimate of drug-likeness (QED) is 0.273. The summed E-state index contributed by atoms with van der Waals surface area (Å²) in [5.41, 5.74) is 1.54. The molecule has 168 valence electrons. The molecule has 0 spiro atoms. The number of aliphatic hydroxyl groups is 1. The first-order valence-corrected chi connectivity index (χ1v) is 11.0. The monoisotopic (exact) mass is 453 g/mol. The van der Waals surface area contributed by atoms with E-state index in [1.54, 1.807) is 4.57 Å². The minimum Gasteiger partial charge on any atom is -0.393 e. The maximum absolute atomic E-state index is 12.3. The number of nitrogens with zero attached hydrogens (tertiary/aromatic N) is 4. The molecule has 1 aromatic carbocycles. The molecular formula is C18H24N5O7P. The first kappa shape index (κ1) is 23.0. The summed E-state index contributed by atoms with van der Waals surface area (Å²) in [6.45, 7) is 1.78. The van der Waals surface area contributed by atoms with Crippen LogP contribution in [0.5, 0.6) is 0 Å². The van der Waals surface area contributed by atoms with Crippen LogP contribution in [0.1, 0.15) is 18.4 Å². The van der Waals surface area contributed by atoms with E-state index in [1.807, 2.05) is 38.1 Å². The van der Waals surface area contributed by atoms with Crippen LogP contribution in [0.15, 0.2) is 21.7 Å². The van der Waals surface area contributed by atoms with E-state index in [0.717, 1.165) is 11.3 Å². The third kappa shape index (κ3) is 5.35. The van der Waals surface area contributed by atoms with Crippen LogP contribution in [-0.2, 0) is 15.6 Å². The molecule has 0 unspecified atom stereocenters. The highest BCUT2D eigenvalue weighted by Gasteiger charge is 2.21. The van der Waals surface area contributed by atoms with Crippen molar-refractivity contribution in [2.45, 2.75) is 32.4 Å². The zero-order valence-corrected chi connectivity index (χ0v) is 18.2. The molecule has 31 heavy (non-hydrogen) atoms. The fraction of sp³-hybridized carbons (Fsp3) is 0.444. The van der Waals surface area contributed by atoms with Crippen molar-refractivity contribution >= 4 is 24.5 Å². The second kappa shape index (κ2) is 8.85. The number of aliphatic hydroxyl groups excluding tert-OH is 1. The maximum atomic E-state index is 12.3. The molecule has 0 radical (unpaired) electrons. The number of rotatable bonds is 8. The molecule has 0 saturated carbocycles. The molecule has 2 aliphatic rings. The summed E-state index contributed by atoms with van der Waals surface area (Å²) >= 11 is 0. The van der Waals surface area contributed by atoms with Gasteiger partial charge in [-0.15, -0.1) is 0 Å². The number of fused-ring (bicyclic) bond motifs is 2. The molecular weight excluding hydrogens is 429 g/mol. The van der Waals surface area contributed by atoms with Crippen molar-refractivity contribution in [3.05, 3.63) is 38.5 Å². The van der Waals surface area contributed by atoms with Gasteiger partial charge >= 0.3 is 13.5 Å². The smallest absolute Gasteiger partial charge is 0.393 e. The van der Waals surface area contributed by atoms with E-state index in [1.165, 1.54) is 0 Å². The van der Waals surface area contributed by atoms with Crippen molar-refractivity contribution in [1.29, 1.82) is 0 Å². The second-order valence-electron chi connectivity index (χ2n) is 7.38. The number of nitrogens with one attached hydrogen (secondary N) is 1. The molecule has 12 nitrogen and oxygen atoms in total. The Kier molecular flexibility index (Phi) is 6.58. The Balaban J connectivity index is 2.04. The fourth-order valence-electron chi connectivity index (χ4n) is 3.37. The minimum absolute atomic E-state index is 0.00317. The molecule has 1 atom stereocenters. The van der Waals surface area contributed by atoms with E-state index in [9.17, 15) is 19.3 Å². The van der Waals surface area contributed by atoms with E-state index >= 15 is 0 Å². The molecule has 3 rings (SSSR count). The van der Waals surface area contributed by atoms with Crippen LogP contribution in [0, 0.1) is 6.92 Å². The zero-order chi connectivity index (χ0) is 22.9. The van der Waals surface area contributed by atoms with Gasteiger partial charge in [-0.05, 0) is 37.5 Å². The third-order valence-electron chi connectivity index (χ3n) is 4.80. The number of hydrogen-bond donors (Lipinski definition) is 4. The van der Waals surface area contributed by atoms with Gasteiger partial charge in [0.2, 0.25) is 0 Å². The lowest BCUT2D eigenvalue weighted by molar-refractivity contribution is 0.113. The van der Waals surface area contributed by atoms with Crippen LogP contribution >= 0.6 is 7.82 Å². The highest BCUT2D eigenvalue weighted by atomic mass is 31.2. The van der Waals surface area contributed by atoms with Gasteiger partial charge in [0, 0.05) is 26.3 Å². The highest BCUT2D eigenvalue weighted by Crippen LogP contribution is 2.36. The number of aromatic nitrogens is 4. The molecule has 13 heteroatoms. The molecule has 1 aromatic rings. The Labute approximate surface area is 176 Å². The molecule has 0 saturated heterocycles. The summed E-state index contributed by atoms with van der Waals surface area (Å²) in [5.74, 6) is 0.0912. The molecule has 0 fully saturated rings. The predicted molar refractivity (Wildman–Crippen MR) is 113 cm³/mol. The van der Waals surface area contributed by atoms with Crippen LogP contribution in [0.25, 0.3) is 22.6 Å². The zero-order valence-electron chi connectivity index (χ0n) is 17.3. The molecule has 2 aliphatic heterocycles. The number of phosphoric acid groups is 1. The van der Waals surface area contributed by atoms with Gasteiger partial charge in [0.15, 0.2) is 11.5 Å². The summed E-state index contributed by atoms with van der Waals surface area (Å²) in [6, 6.07) is 3.70. The number of anilines is 1. The molecule has 0 amide bonds. The molecule has 4 N–H and O–H groups in total. The van der Waals surface area contributed by atoms with E-state index < -0.39 is 25.2 Å². The lowest BCUT2D eigenvalue weighted by Gasteiger charge is -2.21. The largest absolute Gasteiger partial charge is 0.469 e. The summed E-state index contributed by atoms with van der Waals surface area (Å²) in [4.78, 5) is 54.0. The van der Waals surface area contributed by atoms with Gasteiger partial charge in [0.1, 0.15) is 0 Å². The van der Waals surface area contributed by atoms with Crippen molar-refractivity contribution < 1.29 is 24.0 Å². The summed E-state index contributed by atoms with van der Waals surface area (Å²) in [7, 11) is -0.836. The normalized spacial score (nSPS) is 13.1. The molecule has 0 bridgehead atoms. The van der Waals surface area contributed by atoms with Crippen LogP contribution in [-0.4, -0.2) is 61.2 Å². The number of phosphoric ester groups is 1. The van der Waals surface area contributed by atoms with Gasteiger partial charge in [-0.25, -0.2) is 14.3 Å². The van der Waals surface area contributed by atoms with Crippen molar-refractivity contribution in [2.24, 2.45) is 0 Å². The Morgan fingerprint density at radius 2 is 1.94 bits per heavy atom. The number of aryl methyl sites for hydroxylation is 2. The number of hydrogen-bond acceptors (Lipinski definition) is 8. The molecule has 0 aliphatic carbocycles.